The lowest BCUT2D eigenvalue weighted by molar-refractivity contribution is -0.136. The van der Waals surface area contributed by atoms with Crippen LogP contribution in [0.3, 0.4) is 0 Å². The van der Waals surface area contributed by atoms with Crippen LogP contribution in [-0.2, 0) is 9.59 Å². The van der Waals surface area contributed by atoms with Crippen LogP contribution in [0.15, 0.2) is 108 Å². The number of nitrogens with zero attached hydrogens (tertiary/aromatic N) is 1. The summed E-state index contributed by atoms with van der Waals surface area (Å²) in [5, 5.41) is 6.47. The van der Waals surface area contributed by atoms with Gasteiger partial charge in [0.25, 0.3) is 5.91 Å². The molecule has 0 unspecified atom stereocenters. The van der Waals surface area contributed by atoms with Crippen molar-refractivity contribution >= 4 is 50.2 Å². The Kier molecular flexibility index (Phi) is 8.31. The van der Waals surface area contributed by atoms with Crippen molar-refractivity contribution in [3.8, 4) is 0 Å². The van der Waals surface area contributed by atoms with E-state index in [0.717, 1.165) is 32.1 Å². The monoisotopic (exact) mass is 608 g/mol. The number of fused-ring (bicyclic) bond motifs is 1. The molecule has 0 bridgehead atoms. The molecule has 1 heterocycles. The van der Waals surface area contributed by atoms with Crippen LogP contribution in [0.4, 0.5) is 5.69 Å². The molecule has 0 fully saturated rings. The van der Waals surface area contributed by atoms with Crippen molar-refractivity contribution in [2.45, 2.75) is 19.8 Å². The van der Waals surface area contributed by atoms with E-state index < -0.39 is 17.7 Å². The van der Waals surface area contributed by atoms with Crippen LogP contribution in [-0.4, -0.2) is 28.9 Å². The van der Waals surface area contributed by atoms with Crippen molar-refractivity contribution in [2.24, 2.45) is 0 Å². The quantitative estimate of drug-likeness (QED) is 0.190. The number of anilines is 1. The lowest BCUT2D eigenvalue weighted by atomic mass is 9.91. The van der Waals surface area contributed by atoms with Crippen molar-refractivity contribution in [2.75, 3.05) is 17.3 Å². The molecule has 1 aromatic heterocycles. The Hall–Kier alpha value is -4.69. The van der Waals surface area contributed by atoms with Gasteiger partial charge in [-0.1, -0.05) is 94.8 Å². The Balaban J connectivity index is 1.38. The highest BCUT2D eigenvalue weighted by molar-refractivity contribution is 9.10. The summed E-state index contributed by atoms with van der Waals surface area (Å²) in [6.07, 6.45) is 0. The van der Waals surface area contributed by atoms with Gasteiger partial charge in [-0.05, 0) is 60.4 Å². The molecule has 8 heteroatoms. The van der Waals surface area contributed by atoms with Crippen LogP contribution in [0.25, 0.3) is 10.9 Å². The molecule has 0 saturated heterocycles. The Morgan fingerprint density at radius 1 is 0.756 bits per heavy atom. The second kappa shape index (κ2) is 12.2. The lowest BCUT2D eigenvalue weighted by Gasteiger charge is -2.19. The first-order chi connectivity index (χ1) is 19.8. The molecule has 4 aromatic carbocycles. The molecule has 0 aliphatic heterocycles. The number of benzene rings is 4. The summed E-state index contributed by atoms with van der Waals surface area (Å²) in [6, 6.07) is 32.5. The lowest BCUT2D eigenvalue weighted by Crippen LogP contribution is -2.41. The smallest absolute Gasteiger partial charge is 0.328 e. The summed E-state index contributed by atoms with van der Waals surface area (Å²) < 4.78 is 2.18. The fraction of sp³-hybridized carbons (Fsp3) is 0.121. The van der Waals surface area contributed by atoms with E-state index in [1.54, 1.807) is 12.1 Å². The predicted molar refractivity (Wildman–Crippen MR) is 166 cm³/mol. The second-order valence-corrected chi connectivity index (χ2v) is 10.7. The summed E-state index contributed by atoms with van der Waals surface area (Å²) in [6.45, 7) is 4.05. The van der Waals surface area contributed by atoms with Crippen molar-refractivity contribution < 1.29 is 14.4 Å². The van der Waals surface area contributed by atoms with E-state index in [-0.39, 0.29) is 18.2 Å². The largest absolute Gasteiger partial charge is 0.347 e. The van der Waals surface area contributed by atoms with Gasteiger partial charge < -0.3 is 10.6 Å². The Morgan fingerprint density at radius 2 is 1.37 bits per heavy atom. The molecule has 5 rings (SSSR count). The number of amides is 3. The minimum Gasteiger partial charge on any atom is -0.347 e. The van der Waals surface area contributed by atoms with Crippen LogP contribution >= 0.6 is 15.9 Å². The van der Waals surface area contributed by atoms with Gasteiger partial charge in [-0.3, -0.25) is 19.8 Å². The van der Waals surface area contributed by atoms with Crippen molar-refractivity contribution in [3.05, 3.63) is 136 Å². The van der Waals surface area contributed by atoms with Gasteiger partial charge in [0, 0.05) is 28.0 Å². The standard InChI is InChI=1S/C33H29BrN4O3/c1-21-10-9-11-22(2)30(21)36-31(39)29-19-25-18-26(34)16-17-28(25)38(29)37-33(41)32(40)35-20-27(23-12-5-3-6-13-23)24-14-7-4-8-15-24/h3-19,27H,20H2,1-2H3,(H,35,40)(H,36,39)(H,37,41). The van der Waals surface area contributed by atoms with E-state index in [0.29, 0.717) is 11.2 Å². The Bertz CT molecular complexity index is 1670. The van der Waals surface area contributed by atoms with Gasteiger partial charge in [0.1, 0.15) is 5.69 Å². The zero-order chi connectivity index (χ0) is 28.9. The van der Waals surface area contributed by atoms with Gasteiger partial charge in [-0.15, -0.1) is 0 Å². The zero-order valence-electron chi connectivity index (χ0n) is 22.6. The molecule has 3 amide bonds. The van der Waals surface area contributed by atoms with Crippen LogP contribution in [0.2, 0.25) is 0 Å². The van der Waals surface area contributed by atoms with Crippen LogP contribution in [0.5, 0.6) is 0 Å². The molecule has 0 spiro atoms. The summed E-state index contributed by atoms with van der Waals surface area (Å²) in [4.78, 5) is 39.7. The molecule has 0 radical (unpaired) electrons. The first kappa shape index (κ1) is 27.9. The predicted octanol–water partition coefficient (Wildman–Crippen LogP) is 6.29. The second-order valence-electron chi connectivity index (χ2n) is 9.81. The summed E-state index contributed by atoms with van der Waals surface area (Å²) in [5.74, 6) is -2.24. The molecule has 0 aliphatic carbocycles. The molecule has 0 atom stereocenters. The molecule has 3 N–H and O–H groups in total. The van der Waals surface area contributed by atoms with Crippen LogP contribution in [0.1, 0.15) is 38.7 Å². The number of hydrogen-bond donors (Lipinski definition) is 3. The number of halogens is 1. The summed E-state index contributed by atoms with van der Waals surface area (Å²) in [5.41, 5.74) is 7.98. The van der Waals surface area contributed by atoms with E-state index in [2.05, 4.69) is 32.0 Å². The molecule has 5 aromatic rings. The summed E-state index contributed by atoms with van der Waals surface area (Å²) >= 11 is 3.46. The average Bonchev–Trinajstić information content (AvgIpc) is 3.33. The number of aromatic nitrogens is 1. The van der Waals surface area contributed by atoms with Gasteiger partial charge >= 0.3 is 11.8 Å². The van der Waals surface area contributed by atoms with Gasteiger partial charge in [-0.2, -0.15) is 0 Å². The van der Waals surface area contributed by atoms with Gasteiger partial charge in [0.15, 0.2) is 0 Å². The van der Waals surface area contributed by atoms with Gasteiger partial charge in [0.05, 0.1) is 5.52 Å². The molecular weight excluding hydrogens is 580 g/mol. The molecule has 0 saturated carbocycles. The third-order valence-corrected chi connectivity index (χ3v) is 7.50. The maximum atomic E-state index is 13.5. The molecular formula is C33H29BrN4O3. The van der Waals surface area contributed by atoms with Crippen molar-refractivity contribution in [1.29, 1.82) is 0 Å². The molecule has 0 aliphatic rings. The molecule has 41 heavy (non-hydrogen) atoms. The highest BCUT2D eigenvalue weighted by Gasteiger charge is 2.23. The van der Waals surface area contributed by atoms with E-state index >= 15 is 0 Å². The van der Waals surface area contributed by atoms with Gasteiger partial charge in [0.2, 0.25) is 0 Å². The number of rotatable bonds is 7. The van der Waals surface area contributed by atoms with E-state index in [1.165, 1.54) is 4.68 Å². The number of aryl methyl sites for hydroxylation is 2. The third kappa shape index (κ3) is 6.23. The van der Waals surface area contributed by atoms with Crippen molar-refractivity contribution in [1.82, 2.24) is 9.99 Å². The minimum absolute atomic E-state index is 0.141. The highest BCUT2D eigenvalue weighted by atomic mass is 79.9. The molecule has 206 valence electrons. The average molecular weight is 610 g/mol. The maximum Gasteiger partial charge on any atom is 0.328 e. The highest BCUT2D eigenvalue weighted by Crippen LogP contribution is 2.26. The number of carbonyl (C=O) groups is 3. The number of nitrogens with one attached hydrogen (secondary N) is 3. The number of carbonyl (C=O) groups excluding carboxylic acids is 3. The van der Waals surface area contributed by atoms with E-state index in [1.807, 2.05) is 105 Å². The fourth-order valence-corrected chi connectivity index (χ4v) is 5.27. The van der Waals surface area contributed by atoms with E-state index in [9.17, 15) is 14.4 Å². The Morgan fingerprint density at radius 3 is 1.98 bits per heavy atom. The zero-order valence-corrected chi connectivity index (χ0v) is 24.2. The number of hydrogen-bond acceptors (Lipinski definition) is 3. The number of para-hydroxylation sites is 1. The first-order valence-corrected chi connectivity index (χ1v) is 14.0. The normalized spacial score (nSPS) is 10.9. The molecule has 7 nitrogen and oxygen atoms in total. The SMILES string of the molecule is Cc1cccc(C)c1NC(=O)c1cc2cc(Br)ccc2n1NC(=O)C(=O)NCC(c1ccccc1)c1ccccc1. The fourth-order valence-electron chi connectivity index (χ4n) is 4.89. The van der Waals surface area contributed by atoms with Crippen LogP contribution < -0.4 is 16.1 Å². The minimum atomic E-state index is -0.883. The van der Waals surface area contributed by atoms with E-state index in [4.69, 9.17) is 0 Å². The van der Waals surface area contributed by atoms with Crippen LogP contribution in [0, 0.1) is 13.8 Å². The van der Waals surface area contributed by atoms with Crippen molar-refractivity contribution in [3.63, 3.8) is 0 Å². The maximum absolute atomic E-state index is 13.5. The topological polar surface area (TPSA) is 92.2 Å². The Labute approximate surface area is 246 Å². The first-order valence-electron chi connectivity index (χ1n) is 13.2. The van der Waals surface area contributed by atoms with Gasteiger partial charge in [-0.25, -0.2) is 4.68 Å². The summed E-state index contributed by atoms with van der Waals surface area (Å²) in [7, 11) is 0. The third-order valence-electron chi connectivity index (χ3n) is 7.01.